The Kier molecular flexibility index (Phi) is 3.74. The molecule has 1 saturated carbocycles. The van der Waals surface area contributed by atoms with Crippen molar-refractivity contribution in [3.8, 4) is 0 Å². The number of rotatable bonds is 3. The number of benzene rings is 1. The number of hydrogen-bond acceptors (Lipinski definition) is 3. The average Bonchev–Trinajstić information content (AvgIpc) is 2.98. The second-order valence-corrected chi connectivity index (χ2v) is 8.57. The first-order valence-electron chi connectivity index (χ1n) is 7.77. The second kappa shape index (κ2) is 5.74. The Morgan fingerprint density at radius 3 is 2.73 bits per heavy atom. The molecule has 0 N–H and O–H groups in total. The first-order valence-corrected chi connectivity index (χ1v) is 9.64. The lowest BCUT2D eigenvalue weighted by Gasteiger charge is -2.23. The van der Waals surface area contributed by atoms with E-state index in [1.807, 2.05) is 29.2 Å². The quantitative estimate of drug-likeness (QED) is 0.830. The van der Waals surface area contributed by atoms with Crippen molar-refractivity contribution < 1.29 is 4.79 Å². The van der Waals surface area contributed by atoms with E-state index < -0.39 is 0 Å². The van der Waals surface area contributed by atoms with Gasteiger partial charge in [0.15, 0.2) is 0 Å². The highest BCUT2D eigenvalue weighted by molar-refractivity contribution is 7.99. The summed E-state index contributed by atoms with van der Waals surface area (Å²) in [6, 6.07) is 14.8. The van der Waals surface area contributed by atoms with E-state index in [2.05, 4.69) is 48.2 Å². The summed E-state index contributed by atoms with van der Waals surface area (Å²) in [6.45, 7) is 3.02. The van der Waals surface area contributed by atoms with Crippen molar-refractivity contribution in [1.29, 1.82) is 0 Å². The molecule has 1 amide bonds. The summed E-state index contributed by atoms with van der Waals surface area (Å²) in [5.41, 5.74) is 1.32. The minimum atomic E-state index is 0.199. The Hall–Kier alpha value is -1.26. The Morgan fingerprint density at radius 1 is 1.18 bits per heavy atom. The Labute approximate surface area is 139 Å². The van der Waals surface area contributed by atoms with Crippen LogP contribution in [0, 0.1) is 12.8 Å². The molecule has 1 saturated heterocycles. The lowest BCUT2D eigenvalue weighted by molar-refractivity contribution is -0.132. The van der Waals surface area contributed by atoms with Crippen LogP contribution in [0.5, 0.6) is 0 Å². The molecule has 2 heterocycles. The number of hydrogen-bond donors (Lipinski definition) is 0. The zero-order valence-electron chi connectivity index (χ0n) is 12.6. The molecule has 0 radical (unpaired) electrons. The van der Waals surface area contributed by atoms with Gasteiger partial charge in [0.2, 0.25) is 5.91 Å². The SMILES string of the molecule is Cc1ccc([C@@H]2SCCN2C(=O)[C@@H]2C[C@H]2c2ccccc2)s1. The third-order valence-corrected chi connectivity index (χ3v) is 6.96. The molecule has 22 heavy (non-hydrogen) atoms. The molecule has 2 aromatic rings. The first-order chi connectivity index (χ1) is 10.7. The maximum atomic E-state index is 12.9. The fourth-order valence-electron chi connectivity index (χ4n) is 3.27. The van der Waals surface area contributed by atoms with Crippen LogP contribution in [0.2, 0.25) is 0 Å². The predicted molar refractivity (Wildman–Crippen MR) is 93.3 cm³/mol. The van der Waals surface area contributed by atoms with E-state index in [4.69, 9.17) is 0 Å². The van der Waals surface area contributed by atoms with E-state index in [-0.39, 0.29) is 11.3 Å². The summed E-state index contributed by atoms with van der Waals surface area (Å²) in [5, 5.41) is 0.239. The fourth-order valence-corrected chi connectivity index (χ4v) is 5.65. The molecule has 0 unspecified atom stereocenters. The minimum Gasteiger partial charge on any atom is -0.325 e. The number of carbonyl (C=O) groups is 1. The lowest BCUT2D eigenvalue weighted by Crippen LogP contribution is -2.31. The normalized spacial score (nSPS) is 27.1. The molecule has 0 spiro atoms. The van der Waals surface area contributed by atoms with Crippen LogP contribution in [0.25, 0.3) is 0 Å². The van der Waals surface area contributed by atoms with Crippen LogP contribution in [0.4, 0.5) is 0 Å². The maximum absolute atomic E-state index is 12.9. The lowest BCUT2D eigenvalue weighted by atomic mass is 10.1. The number of thioether (sulfide) groups is 1. The summed E-state index contributed by atoms with van der Waals surface area (Å²) < 4.78 is 0. The van der Waals surface area contributed by atoms with E-state index >= 15 is 0 Å². The van der Waals surface area contributed by atoms with Crippen molar-refractivity contribution in [3.05, 3.63) is 57.8 Å². The number of aryl methyl sites for hydroxylation is 1. The van der Waals surface area contributed by atoms with Crippen molar-refractivity contribution in [1.82, 2.24) is 4.90 Å². The van der Waals surface area contributed by atoms with Gasteiger partial charge in [-0.3, -0.25) is 4.79 Å². The number of carbonyl (C=O) groups excluding carboxylic acids is 1. The van der Waals surface area contributed by atoms with E-state index in [9.17, 15) is 4.79 Å². The van der Waals surface area contributed by atoms with Crippen molar-refractivity contribution in [2.75, 3.05) is 12.3 Å². The van der Waals surface area contributed by atoms with E-state index in [0.29, 0.717) is 11.8 Å². The maximum Gasteiger partial charge on any atom is 0.227 e. The van der Waals surface area contributed by atoms with E-state index in [1.165, 1.54) is 15.3 Å². The monoisotopic (exact) mass is 329 g/mol. The topological polar surface area (TPSA) is 20.3 Å². The molecule has 4 rings (SSSR count). The summed E-state index contributed by atoms with van der Waals surface area (Å²) in [7, 11) is 0. The van der Waals surface area contributed by atoms with Gasteiger partial charge in [-0.2, -0.15) is 0 Å². The first kappa shape index (κ1) is 14.3. The van der Waals surface area contributed by atoms with Gasteiger partial charge in [-0.1, -0.05) is 30.3 Å². The van der Waals surface area contributed by atoms with Crippen LogP contribution in [-0.2, 0) is 4.79 Å². The van der Waals surface area contributed by atoms with E-state index in [0.717, 1.165) is 18.7 Å². The Bertz CT molecular complexity index is 681. The van der Waals surface area contributed by atoms with Gasteiger partial charge in [-0.05, 0) is 37.0 Å². The molecule has 2 aliphatic rings. The van der Waals surface area contributed by atoms with Gasteiger partial charge in [0.1, 0.15) is 5.37 Å². The smallest absolute Gasteiger partial charge is 0.227 e. The molecule has 1 aromatic carbocycles. The van der Waals surface area contributed by atoms with Gasteiger partial charge in [0.25, 0.3) is 0 Å². The van der Waals surface area contributed by atoms with Gasteiger partial charge in [0, 0.05) is 28.0 Å². The van der Waals surface area contributed by atoms with Crippen molar-refractivity contribution in [2.45, 2.75) is 24.6 Å². The summed E-state index contributed by atoms with van der Waals surface area (Å²) in [6.07, 6.45) is 1.01. The van der Waals surface area contributed by atoms with Crippen molar-refractivity contribution in [3.63, 3.8) is 0 Å². The highest BCUT2D eigenvalue weighted by Gasteiger charge is 2.48. The van der Waals surface area contributed by atoms with Gasteiger partial charge in [-0.15, -0.1) is 23.1 Å². The Balaban J connectivity index is 1.49. The zero-order valence-corrected chi connectivity index (χ0v) is 14.2. The third-order valence-electron chi connectivity index (χ3n) is 4.51. The van der Waals surface area contributed by atoms with Crippen LogP contribution < -0.4 is 0 Å². The van der Waals surface area contributed by atoms with Crippen LogP contribution in [-0.4, -0.2) is 23.1 Å². The second-order valence-electron chi connectivity index (χ2n) is 6.06. The molecule has 1 aliphatic carbocycles. The highest BCUT2D eigenvalue weighted by atomic mass is 32.2. The van der Waals surface area contributed by atoms with Crippen LogP contribution in [0.15, 0.2) is 42.5 Å². The van der Waals surface area contributed by atoms with E-state index in [1.54, 1.807) is 0 Å². The van der Waals surface area contributed by atoms with Crippen molar-refractivity contribution >= 4 is 29.0 Å². The largest absolute Gasteiger partial charge is 0.325 e. The molecule has 1 aromatic heterocycles. The molecule has 1 aliphatic heterocycles. The Morgan fingerprint density at radius 2 is 2.00 bits per heavy atom. The van der Waals surface area contributed by atoms with Crippen LogP contribution in [0.1, 0.15) is 33.0 Å². The summed E-state index contributed by atoms with van der Waals surface area (Å²) in [5.74, 6) is 2.04. The molecule has 3 atom stereocenters. The zero-order chi connectivity index (χ0) is 15.1. The predicted octanol–water partition coefficient (Wildman–Crippen LogP) is 4.43. The number of amides is 1. The number of thiophene rings is 1. The molecule has 2 fully saturated rings. The molecular weight excluding hydrogens is 310 g/mol. The van der Waals surface area contributed by atoms with Crippen LogP contribution >= 0.6 is 23.1 Å². The molecule has 2 nitrogen and oxygen atoms in total. The van der Waals surface area contributed by atoms with Gasteiger partial charge < -0.3 is 4.90 Å². The minimum absolute atomic E-state index is 0.199. The molecule has 0 bridgehead atoms. The van der Waals surface area contributed by atoms with Gasteiger partial charge >= 0.3 is 0 Å². The third kappa shape index (κ3) is 2.59. The molecular formula is C18H19NOS2. The highest BCUT2D eigenvalue weighted by Crippen LogP contribution is 2.51. The van der Waals surface area contributed by atoms with Crippen LogP contribution in [0.3, 0.4) is 0 Å². The fraction of sp³-hybridized carbons (Fsp3) is 0.389. The van der Waals surface area contributed by atoms with Crippen molar-refractivity contribution in [2.24, 2.45) is 5.92 Å². The van der Waals surface area contributed by atoms with Gasteiger partial charge in [-0.25, -0.2) is 0 Å². The van der Waals surface area contributed by atoms with Gasteiger partial charge in [0.05, 0.1) is 0 Å². The standard InChI is InChI=1S/C18H19NOS2/c1-12-7-8-16(22-12)18-19(9-10-21-18)17(20)15-11-14(15)13-5-3-2-4-6-13/h2-8,14-15,18H,9-11H2,1H3/t14-,15+,18-/m0/s1. The summed E-state index contributed by atoms with van der Waals surface area (Å²) in [4.78, 5) is 17.7. The summed E-state index contributed by atoms with van der Waals surface area (Å²) >= 11 is 3.72. The molecule has 114 valence electrons. The number of nitrogens with zero attached hydrogens (tertiary/aromatic N) is 1. The molecule has 4 heteroatoms. The average molecular weight is 329 g/mol.